The molecule has 0 heterocycles. The van der Waals surface area contributed by atoms with Crippen LogP contribution in [0.2, 0.25) is 0 Å². The van der Waals surface area contributed by atoms with Gasteiger partial charge in [0.25, 0.3) is 0 Å². The molecule has 1 unspecified atom stereocenters. The molecule has 1 heteroatoms. The van der Waals surface area contributed by atoms with Gasteiger partial charge in [0, 0.05) is 6.04 Å². The van der Waals surface area contributed by atoms with Gasteiger partial charge in [-0.2, -0.15) is 0 Å². The Kier molecular flexibility index (Phi) is 5.25. The van der Waals surface area contributed by atoms with Crippen molar-refractivity contribution in [2.45, 2.75) is 52.0 Å². The first-order chi connectivity index (χ1) is 8.74. The quantitative estimate of drug-likeness (QED) is 0.729. The Morgan fingerprint density at radius 1 is 1.11 bits per heavy atom. The van der Waals surface area contributed by atoms with Crippen LogP contribution < -0.4 is 5.32 Å². The van der Waals surface area contributed by atoms with Crippen molar-refractivity contribution in [1.29, 1.82) is 0 Å². The lowest BCUT2D eigenvalue weighted by Crippen LogP contribution is -2.26. The molecule has 0 aliphatic heterocycles. The summed E-state index contributed by atoms with van der Waals surface area (Å²) in [5.74, 6) is 1.62. The summed E-state index contributed by atoms with van der Waals surface area (Å²) >= 11 is 0. The molecule has 0 amide bonds. The van der Waals surface area contributed by atoms with Crippen molar-refractivity contribution < 1.29 is 0 Å². The Morgan fingerprint density at radius 2 is 1.83 bits per heavy atom. The molecule has 1 nitrogen and oxygen atoms in total. The van der Waals surface area contributed by atoms with Crippen LogP contribution in [0, 0.1) is 11.8 Å². The van der Waals surface area contributed by atoms with E-state index in [0.717, 1.165) is 17.9 Å². The van der Waals surface area contributed by atoms with Crippen LogP contribution in [0.5, 0.6) is 0 Å². The van der Waals surface area contributed by atoms with Crippen LogP contribution in [-0.2, 0) is 6.42 Å². The summed E-state index contributed by atoms with van der Waals surface area (Å²) < 4.78 is 0. The SMILES string of the molecule is CC(C)CCC(CNC1CC1)Cc1ccccc1. The van der Waals surface area contributed by atoms with Gasteiger partial charge in [-0.05, 0) is 49.6 Å². The molecule has 1 aliphatic carbocycles. The minimum absolute atomic E-state index is 0.801. The zero-order valence-corrected chi connectivity index (χ0v) is 11.9. The Labute approximate surface area is 112 Å². The first-order valence-electron chi connectivity index (χ1n) is 7.51. The van der Waals surface area contributed by atoms with Crippen LogP contribution in [0.25, 0.3) is 0 Å². The van der Waals surface area contributed by atoms with Crippen molar-refractivity contribution in [3.8, 4) is 0 Å². The second-order valence-corrected chi connectivity index (χ2v) is 6.21. The van der Waals surface area contributed by atoms with Crippen molar-refractivity contribution in [2.75, 3.05) is 6.54 Å². The summed E-state index contributed by atoms with van der Waals surface area (Å²) in [7, 11) is 0. The fourth-order valence-electron chi connectivity index (χ4n) is 2.41. The van der Waals surface area contributed by atoms with E-state index in [2.05, 4.69) is 49.5 Å². The fraction of sp³-hybridized carbons (Fsp3) is 0.647. The van der Waals surface area contributed by atoms with E-state index in [4.69, 9.17) is 0 Å². The molecular weight excluding hydrogens is 218 g/mol. The number of nitrogens with one attached hydrogen (secondary N) is 1. The van der Waals surface area contributed by atoms with Crippen molar-refractivity contribution in [3.63, 3.8) is 0 Å². The van der Waals surface area contributed by atoms with Crippen LogP contribution in [0.3, 0.4) is 0 Å². The van der Waals surface area contributed by atoms with Crippen LogP contribution in [0.1, 0.15) is 45.1 Å². The van der Waals surface area contributed by atoms with E-state index in [1.54, 1.807) is 0 Å². The lowest BCUT2D eigenvalue weighted by Gasteiger charge is -2.19. The maximum Gasteiger partial charge on any atom is 0.00683 e. The van der Waals surface area contributed by atoms with Gasteiger partial charge in [0.15, 0.2) is 0 Å². The Bertz CT molecular complexity index is 321. The highest BCUT2D eigenvalue weighted by atomic mass is 14.9. The van der Waals surface area contributed by atoms with Gasteiger partial charge in [-0.3, -0.25) is 0 Å². The second-order valence-electron chi connectivity index (χ2n) is 6.21. The van der Waals surface area contributed by atoms with Gasteiger partial charge in [-0.25, -0.2) is 0 Å². The maximum absolute atomic E-state index is 3.70. The molecule has 18 heavy (non-hydrogen) atoms. The molecule has 1 aromatic carbocycles. The molecule has 0 spiro atoms. The summed E-state index contributed by atoms with van der Waals surface area (Å²) in [6, 6.07) is 11.8. The van der Waals surface area contributed by atoms with Gasteiger partial charge >= 0.3 is 0 Å². The van der Waals surface area contributed by atoms with Gasteiger partial charge in [-0.15, -0.1) is 0 Å². The van der Waals surface area contributed by atoms with Crippen molar-refractivity contribution >= 4 is 0 Å². The van der Waals surface area contributed by atoms with E-state index in [1.165, 1.54) is 44.2 Å². The molecule has 1 N–H and O–H groups in total. The molecule has 1 fully saturated rings. The standard InChI is InChI=1S/C17H27N/c1-14(2)8-9-16(13-18-17-10-11-17)12-15-6-4-3-5-7-15/h3-7,14,16-18H,8-13H2,1-2H3. The van der Waals surface area contributed by atoms with Gasteiger partial charge < -0.3 is 5.32 Å². The minimum atomic E-state index is 0.801. The molecular formula is C17H27N. The lowest BCUT2D eigenvalue weighted by molar-refractivity contribution is 0.397. The third kappa shape index (κ3) is 5.22. The van der Waals surface area contributed by atoms with Crippen LogP contribution in [0.15, 0.2) is 30.3 Å². The number of hydrogen-bond acceptors (Lipinski definition) is 1. The van der Waals surface area contributed by atoms with Crippen LogP contribution in [0.4, 0.5) is 0 Å². The number of benzene rings is 1. The zero-order chi connectivity index (χ0) is 12.8. The van der Waals surface area contributed by atoms with Crippen LogP contribution >= 0.6 is 0 Å². The predicted molar refractivity (Wildman–Crippen MR) is 78.7 cm³/mol. The third-order valence-corrected chi connectivity index (χ3v) is 3.79. The molecule has 0 radical (unpaired) electrons. The maximum atomic E-state index is 3.70. The zero-order valence-electron chi connectivity index (χ0n) is 11.9. The van der Waals surface area contributed by atoms with Gasteiger partial charge in [0.05, 0.1) is 0 Å². The van der Waals surface area contributed by atoms with E-state index in [1.807, 2.05) is 0 Å². The van der Waals surface area contributed by atoms with E-state index in [0.29, 0.717) is 0 Å². The normalized spacial score (nSPS) is 17.1. The minimum Gasteiger partial charge on any atom is -0.314 e. The highest BCUT2D eigenvalue weighted by Crippen LogP contribution is 2.21. The molecule has 1 aromatic rings. The first-order valence-corrected chi connectivity index (χ1v) is 7.51. The van der Waals surface area contributed by atoms with Crippen molar-refractivity contribution in [1.82, 2.24) is 5.32 Å². The Morgan fingerprint density at radius 3 is 2.44 bits per heavy atom. The second kappa shape index (κ2) is 6.94. The summed E-state index contributed by atoms with van der Waals surface area (Å²) in [6.07, 6.45) is 6.72. The van der Waals surface area contributed by atoms with Crippen molar-refractivity contribution in [2.24, 2.45) is 11.8 Å². The molecule has 2 rings (SSSR count). The average Bonchev–Trinajstić information content (AvgIpc) is 3.18. The van der Waals surface area contributed by atoms with E-state index in [-0.39, 0.29) is 0 Å². The summed E-state index contributed by atoms with van der Waals surface area (Å²) in [5.41, 5.74) is 1.49. The van der Waals surface area contributed by atoms with Gasteiger partial charge in [0.2, 0.25) is 0 Å². The number of hydrogen-bond donors (Lipinski definition) is 1. The number of rotatable bonds is 8. The van der Waals surface area contributed by atoms with Crippen LogP contribution in [-0.4, -0.2) is 12.6 Å². The fourth-order valence-corrected chi connectivity index (χ4v) is 2.41. The molecule has 0 saturated heterocycles. The van der Waals surface area contributed by atoms with Gasteiger partial charge in [-0.1, -0.05) is 50.6 Å². The Hall–Kier alpha value is -0.820. The van der Waals surface area contributed by atoms with E-state index < -0.39 is 0 Å². The average molecular weight is 245 g/mol. The smallest absolute Gasteiger partial charge is 0.00683 e. The lowest BCUT2D eigenvalue weighted by atomic mass is 9.92. The summed E-state index contributed by atoms with van der Waals surface area (Å²) in [6.45, 7) is 5.86. The molecule has 1 aliphatic rings. The summed E-state index contributed by atoms with van der Waals surface area (Å²) in [4.78, 5) is 0. The highest BCUT2D eigenvalue weighted by molar-refractivity contribution is 5.15. The Balaban J connectivity index is 1.81. The molecule has 0 bridgehead atoms. The highest BCUT2D eigenvalue weighted by Gasteiger charge is 2.22. The van der Waals surface area contributed by atoms with E-state index in [9.17, 15) is 0 Å². The molecule has 0 aromatic heterocycles. The summed E-state index contributed by atoms with van der Waals surface area (Å²) in [5, 5.41) is 3.70. The van der Waals surface area contributed by atoms with E-state index >= 15 is 0 Å². The first kappa shape index (κ1) is 13.6. The molecule has 100 valence electrons. The third-order valence-electron chi connectivity index (χ3n) is 3.79. The van der Waals surface area contributed by atoms with Crippen molar-refractivity contribution in [3.05, 3.63) is 35.9 Å². The monoisotopic (exact) mass is 245 g/mol. The van der Waals surface area contributed by atoms with Gasteiger partial charge in [0.1, 0.15) is 0 Å². The topological polar surface area (TPSA) is 12.0 Å². The molecule has 1 atom stereocenters. The molecule has 1 saturated carbocycles. The largest absolute Gasteiger partial charge is 0.314 e. The predicted octanol–water partition coefficient (Wildman–Crippen LogP) is 4.03.